The third-order valence-electron chi connectivity index (χ3n) is 9.79. The summed E-state index contributed by atoms with van der Waals surface area (Å²) in [5.41, 5.74) is 1.14. The predicted molar refractivity (Wildman–Crippen MR) is 165 cm³/mol. The van der Waals surface area contributed by atoms with E-state index in [2.05, 4.69) is 67.4 Å². The Balaban J connectivity index is 2.47. The monoisotopic (exact) mass is 592 g/mol. The third kappa shape index (κ3) is 7.84. The molecule has 234 valence electrons. The summed E-state index contributed by atoms with van der Waals surface area (Å²) in [5, 5.41) is 12.1. The molecule has 2 rings (SSSR count). The van der Waals surface area contributed by atoms with E-state index in [4.69, 9.17) is 25.1 Å². The molecule has 8 atom stereocenters. The summed E-state index contributed by atoms with van der Waals surface area (Å²) in [4.78, 5) is 23.5. The third-order valence-corrected chi connectivity index (χ3v) is 15.9. The highest BCUT2D eigenvalue weighted by Gasteiger charge is 2.59. The number of hydrogen-bond donors (Lipinski definition) is 1. The first-order chi connectivity index (χ1) is 19.0. The Morgan fingerprint density at radius 2 is 1.71 bits per heavy atom. The van der Waals surface area contributed by atoms with Gasteiger partial charge in [-0.2, -0.15) is 0 Å². The SMILES string of the molecule is C#CC[C@H]1O[C@@H]([C@@](C)(O)[C@H](CCOC(C)=O)OC(C)=O)[C@@H]2[C@@H]([C@H](C)CO[Si](C(C)C)(C(C)C)C(C)C)CC=C(C)[C@@H]21. The minimum Gasteiger partial charge on any atom is -0.466 e. The van der Waals surface area contributed by atoms with Crippen molar-refractivity contribution in [2.75, 3.05) is 13.2 Å². The van der Waals surface area contributed by atoms with Gasteiger partial charge in [0.2, 0.25) is 0 Å². The van der Waals surface area contributed by atoms with E-state index in [9.17, 15) is 14.7 Å². The number of ether oxygens (including phenoxy) is 3. The molecule has 0 unspecified atom stereocenters. The first-order valence-electron chi connectivity index (χ1n) is 15.4. The van der Waals surface area contributed by atoms with Crippen LogP contribution in [0.2, 0.25) is 16.6 Å². The van der Waals surface area contributed by atoms with Gasteiger partial charge in [0.05, 0.1) is 18.8 Å². The van der Waals surface area contributed by atoms with Crippen LogP contribution >= 0.6 is 0 Å². The maximum Gasteiger partial charge on any atom is 0.303 e. The van der Waals surface area contributed by atoms with Gasteiger partial charge in [-0.15, -0.1) is 12.3 Å². The average Bonchev–Trinajstić information content (AvgIpc) is 3.24. The zero-order valence-electron chi connectivity index (χ0n) is 27.4. The predicted octanol–water partition coefficient (Wildman–Crippen LogP) is 6.44. The van der Waals surface area contributed by atoms with Gasteiger partial charge in [-0.1, -0.05) is 60.1 Å². The number of fused-ring (bicyclic) bond motifs is 1. The smallest absolute Gasteiger partial charge is 0.303 e. The molecule has 1 aliphatic carbocycles. The fourth-order valence-electron chi connectivity index (χ4n) is 8.00. The Bertz CT molecular complexity index is 941. The van der Waals surface area contributed by atoms with Crippen LogP contribution in [0.3, 0.4) is 0 Å². The second-order valence-corrected chi connectivity index (χ2v) is 19.0. The molecular weight excluding hydrogens is 536 g/mol. The molecule has 0 aromatic rings. The van der Waals surface area contributed by atoms with Crippen molar-refractivity contribution >= 4 is 20.3 Å². The summed E-state index contributed by atoms with van der Waals surface area (Å²) < 4.78 is 24.5. The second kappa shape index (κ2) is 14.7. The van der Waals surface area contributed by atoms with Gasteiger partial charge in [-0.3, -0.25) is 9.59 Å². The number of carbonyl (C=O) groups excluding carboxylic acids is 2. The van der Waals surface area contributed by atoms with Crippen molar-refractivity contribution in [2.45, 2.75) is 136 Å². The number of carbonyl (C=O) groups is 2. The van der Waals surface area contributed by atoms with Crippen molar-refractivity contribution in [2.24, 2.45) is 23.7 Å². The molecule has 0 saturated carbocycles. The van der Waals surface area contributed by atoms with Gasteiger partial charge < -0.3 is 23.7 Å². The molecule has 0 radical (unpaired) electrons. The number of terminal acetylenes is 1. The number of hydrogen-bond acceptors (Lipinski definition) is 7. The number of esters is 2. The van der Waals surface area contributed by atoms with Crippen molar-refractivity contribution in [1.29, 1.82) is 0 Å². The van der Waals surface area contributed by atoms with E-state index >= 15 is 0 Å². The van der Waals surface area contributed by atoms with Crippen LogP contribution in [0.25, 0.3) is 0 Å². The normalized spacial score (nSPS) is 27.6. The lowest BCUT2D eigenvalue weighted by Crippen LogP contribution is -2.56. The van der Waals surface area contributed by atoms with Crippen LogP contribution < -0.4 is 0 Å². The van der Waals surface area contributed by atoms with Gasteiger partial charge in [-0.05, 0) is 48.7 Å². The van der Waals surface area contributed by atoms with Crippen molar-refractivity contribution in [3.63, 3.8) is 0 Å². The van der Waals surface area contributed by atoms with E-state index < -0.39 is 38.1 Å². The molecule has 1 fully saturated rings. The van der Waals surface area contributed by atoms with Crippen molar-refractivity contribution < 1.29 is 33.3 Å². The molecule has 0 spiro atoms. The fourth-order valence-corrected chi connectivity index (χ4v) is 13.5. The molecule has 1 heterocycles. The molecule has 0 amide bonds. The first-order valence-corrected chi connectivity index (χ1v) is 17.6. The quantitative estimate of drug-likeness (QED) is 0.107. The summed E-state index contributed by atoms with van der Waals surface area (Å²) >= 11 is 0. The van der Waals surface area contributed by atoms with Crippen LogP contribution in [0.5, 0.6) is 0 Å². The Morgan fingerprint density at radius 3 is 2.20 bits per heavy atom. The van der Waals surface area contributed by atoms with Crippen molar-refractivity contribution in [3.8, 4) is 12.3 Å². The van der Waals surface area contributed by atoms with Gasteiger partial charge in [0.25, 0.3) is 0 Å². The van der Waals surface area contributed by atoms with Crippen LogP contribution in [-0.4, -0.2) is 62.5 Å². The number of aliphatic hydroxyl groups is 1. The molecule has 0 aromatic carbocycles. The lowest BCUT2D eigenvalue weighted by Gasteiger charge is -2.46. The van der Waals surface area contributed by atoms with Gasteiger partial charge in [0.15, 0.2) is 8.32 Å². The van der Waals surface area contributed by atoms with E-state index in [1.54, 1.807) is 6.92 Å². The van der Waals surface area contributed by atoms with Crippen LogP contribution in [0.1, 0.15) is 95.4 Å². The van der Waals surface area contributed by atoms with E-state index in [1.807, 2.05) is 0 Å². The van der Waals surface area contributed by atoms with Crippen LogP contribution in [0.15, 0.2) is 11.6 Å². The van der Waals surface area contributed by atoms with E-state index in [-0.39, 0.29) is 42.8 Å². The Kier molecular flexibility index (Phi) is 12.7. The highest BCUT2D eigenvalue weighted by atomic mass is 28.4. The largest absolute Gasteiger partial charge is 0.466 e. The van der Waals surface area contributed by atoms with Crippen molar-refractivity contribution in [3.05, 3.63) is 11.6 Å². The van der Waals surface area contributed by atoms with Gasteiger partial charge in [0.1, 0.15) is 11.7 Å². The minimum atomic E-state index is -2.06. The highest BCUT2D eigenvalue weighted by Crippen LogP contribution is 2.53. The molecule has 41 heavy (non-hydrogen) atoms. The molecule has 1 N–H and O–H groups in total. The van der Waals surface area contributed by atoms with E-state index in [1.165, 1.54) is 19.4 Å². The van der Waals surface area contributed by atoms with Crippen LogP contribution in [0.4, 0.5) is 0 Å². The summed E-state index contributed by atoms with van der Waals surface area (Å²) in [6, 6.07) is 0. The topological polar surface area (TPSA) is 91.3 Å². The van der Waals surface area contributed by atoms with Crippen molar-refractivity contribution in [1.82, 2.24) is 0 Å². The molecule has 1 aliphatic heterocycles. The lowest BCUT2D eigenvalue weighted by atomic mass is 9.63. The zero-order chi connectivity index (χ0) is 31.3. The van der Waals surface area contributed by atoms with Gasteiger partial charge in [-0.25, -0.2) is 0 Å². The van der Waals surface area contributed by atoms with E-state index in [0.717, 1.165) is 6.42 Å². The van der Waals surface area contributed by atoms with Crippen LogP contribution in [-0.2, 0) is 28.2 Å². The Labute approximate surface area is 250 Å². The number of rotatable bonds is 14. The Hall–Kier alpha value is -1.66. The summed E-state index contributed by atoms with van der Waals surface area (Å²) in [6.45, 7) is 23.2. The summed E-state index contributed by atoms with van der Waals surface area (Å²) in [6.07, 6.45) is 7.70. The molecule has 1 saturated heterocycles. The molecular formula is C33H56O7Si. The highest BCUT2D eigenvalue weighted by molar-refractivity contribution is 6.77. The fraction of sp³-hybridized carbons (Fsp3) is 0.818. The lowest BCUT2D eigenvalue weighted by molar-refractivity contribution is -0.193. The zero-order valence-corrected chi connectivity index (χ0v) is 28.4. The molecule has 2 aliphatic rings. The summed E-state index contributed by atoms with van der Waals surface area (Å²) in [5.74, 6) is 2.20. The van der Waals surface area contributed by atoms with Crippen LogP contribution in [0, 0.1) is 36.0 Å². The maximum atomic E-state index is 12.1. The number of allylic oxidation sites excluding steroid dienone is 1. The summed E-state index contributed by atoms with van der Waals surface area (Å²) in [7, 11) is -2.06. The standard InChI is InChI=1S/C33H56O7Si/c1-13-14-28-30-23(8)15-16-27(24(9)19-38-41(20(2)3,21(4)5)22(6)7)31(30)32(40-28)33(12,36)29(39-26(11)35)17-18-37-25(10)34/h1,15,20-22,24,27-32,36H,14,16-19H2,2-12H3/t24-,27-,28-,29+,30-,31-,32-,33+/m1/s1. The van der Waals surface area contributed by atoms with E-state index in [0.29, 0.717) is 29.7 Å². The van der Waals surface area contributed by atoms with Gasteiger partial charge in [0, 0.05) is 45.1 Å². The second-order valence-electron chi connectivity index (χ2n) is 13.5. The van der Waals surface area contributed by atoms with Gasteiger partial charge >= 0.3 is 11.9 Å². The molecule has 0 aromatic heterocycles. The Morgan fingerprint density at radius 1 is 1.12 bits per heavy atom. The first kappa shape index (κ1) is 35.5. The molecule has 0 bridgehead atoms. The minimum absolute atomic E-state index is 0.0248. The molecule has 7 nitrogen and oxygen atoms in total. The average molecular weight is 593 g/mol. The maximum absolute atomic E-state index is 12.1. The molecule has 8 heteroatoms.